The predicted molar refractivity (Wildman–Crippen MR) is 80.6 cm³/mol. The zero-order valence-electron chi connectivity index (χ0n) is 12.6. The van der Waals surface area contributed by atoms with Crippen molar-refractivity contribution in [1.82, 2.24) is 0 Å². The molecule has 0 aliphatic rings. The number of hydrogen-bond donors (Lipinski definition) is 0. The SMILES string of the molecule is C=C(C)C(=O)C(=CC(=O)OCOS(=O)(=O)c1ccccc1)OC. The molecule has 23 heavy (non-hydrogen) atoms. The Labute approximate surface area is 134 Å². The van der Waals surface area contributed by atoms with E-state index < -0.39 is 28.7 Å². The lowest BCUT2D eigenvalue weighted by Crippen LogP contribution is -2.14. The first-order chi connectivity index (χ1) is 10.8. The van der Waals surface area contributed by atoms with Gasteiger partial charge >= 0.3 is 5.97 Å². The van der Waals surface area contributed by atoms with E-state index in [1.165, 1.54) is 38.3 Å². The summed E-state index contributed by atoms with van der Waals surface area (Å²) in [5.74, 6) is -1.82. The third-order valence-corrected chi connectivity index (χ3v) is 3.77. The van der Waals surface area contributed by atoms with Crippen LogP contribution in [0.1, 0.15) is 6.92 Å². The molecule has 0 heterocycles. The van der Waals surface area contributed by atoms with Gasteiger partial charge in [0.2, 0.25) is 12.6 Å². The van der Waals surface area contributed by atoms with E-state index in [0.717, 1.165) is 6.08 Å². The highest BCUT2D eigenvalue weighted by Crippen LogP contribution is 2.11. The van der Waals surface area contributed by atoms with Crippen molar-refractivity contribution < 1.29 is 31.7 Å². The molecule has 0 atom stereocenters. The number of ketones is 1. The minimum atomic E-state index is -4.03. The molecule has 0 saturated carbocycles. The van der Waals surface area contributed by atoms with Crippen LogP contribution in [0.15, 0.2) is 59.2 Å². The van der Waals surface area contributed by atoms with Crippen LogP contribution in [0.3, 0.4) is 0 Å². The van der Waals surface area contributed by atoms with Crippen LogP contribution in [0, 0.1) is 0 Å². The fourth-order valence-corrected chi connectivity index (χ4v) is 2.18. The zero-order valence-corrected chi connectivity index (χ0v) is 13.5. The summed E-state index contributed by atoms with van der Waals surface area (Å²) in [7, 11) is -2.83. The number of benzene rings is 1. The monoisotopic (exact) mass is 340 g/mol. The molecule has 0 radical (unpaired) electrons. The van der Waals surface area contributed by atoms with Gasteiger partial charge in [-0.15, -0.1) is 0 Å². The summed E-state index contributed by atoms with van der Waals surface area (Å²) in [6.45, 7) is 4.06. The van der Waals surface area contributed by atoms with Gasteiger partial charge in [0.25, 0.3) is 10.1 Å². The summed E-state index contributed by atoms with van der Waals surface area (Å²) in [5.41, 5.74) is 0.175. The molecule has 1 aromatic carbocycles. The fraction of sp³-hybridized carbons (Fsp3) is 0.200. The summed E-state index contributed by atoms with van der Waals surface area (Å²) in [4.78, 5) is 23.1. The highest BCUT2D eigenvalue weighted by Gasteiger charge is 2.17. The molecule has 0 saturated heterocycles. The predicted octanol–water partition coefficient (Wildman–Crippen LogP) is 1.57. The topological polar surface area (TPSA) is 96.0 Å². The summed E-state index contributed by atoms with van der Waals surface area (Å²) >= 11 is 0. The largest absolute Gasteiger partial charge is 0.492 e. The fourth-order valence-electron chi connectivity index (χ4n) is 1.38. The molecular formula is C15H16O7S. The third-order valence-electron chi connectivity index (χ3n) is 2.52. The van der Waals surface area contributed by atoms with Crippen LogP contribution in [-0.4, -0.2) is 34.1 Å². The molecule has 1 aromatic rings. The van der Waals surface area contributed by atoms with Crippen molar-refractivity contribution >= 4 is 21.9 Å². The highest BCUT2D eigenvalue weighted by molar-refractivity contribution is 7.86. The number of methoxy groups -OCH3 is 1. The van der Waals surface area contributed by atoms with Crippen LogP contribution in [0.4, 0.5) is 0 Å². The van der Waals surface area contributed by atoms with Crippen LogP contribution in [0.2, 0.25) is 0 Å². The number of esters is 1. The van der Waals surface area contributed by atoms with Gasteiger partial charge in [-0.25, -0.2) is 8.98 Å². The number of rotatable bonds is 8. The van der Waals surface area contributed by atoms with E-state index in [1.54, 1.807) is 6.07 Å². The molecule has 0 spiro atoms. The minimum absolute atomic E-state index is 0.0679. The van der Waals surface area contributed by atoms with Gasteiger partial charge in [-0.2, -0.15) is 8.42 Å². The lowest BCUT2D eigenvalue weighted by Gasteiger charge is -2.07. The Kier molecular flexibility index (Phi) is 6.67. The molecule has 0 aliphatic heterocycles. The summed E-state index contributed by atoms with van der Waals surface area (Å²) in [6.07, 6.45) is 0.787. The van der Waals surface area contributed by atoms with Gasteiger partial charge in [0, 0.05) is 0 Å². The maximum atomic E-state index is 11.8. The van der Waals surface area contributed by atoms with Gasteiger partial charge in [-0.05, 0) is 24.6 Å². The first kappa shape index (κ1) is 18.6. The zero-order chi connectivity index (χ0) is 17.5. The van der Waals surface area contributed by atoms with Crippen LogP contribution >= 0.6 is 0 Å². The van der Waals surface area contributed by atoms with Crippen molar-refractivity contribution in [3.05, 3.63) is 54.3 Å². The summed E-state index contributed by atoms with van der Waals surface area (Å²) in [6, 6.07) is 7.38. The van der Waals surface area contributed by atoms with Crippen LogP contribution < -0.4 is 0 Å². The van der Waals surface area contributed by atoms with E-state index in [1.807, 2.05) is 0 Å². The van der Waals surface area contributed by atoms with Gasteiger partial charge in [0.05, 0.1) is 18.1 Å². The second-order valence-corrected chi connectivity index (χ2v) is 5.90. The molecule has 1 rings (SSSR count). The second-order valence-electron chi connectivity index (χ2n) is 4.29. The normalized spacial score (nSPS) is 11.7. The maximum Gasteiger partial charge on any atom is 0.336 e. The van der Waals surface area contributed by atoms with Crippen molar-refractivity contribution in [2.75, 3.05) is 13.9 Å². The van der Waals surface area contributed by atoms with E-state index >= 15 is 0 Å². The van der Waals surface area contributed by atoms with Crippen molar-refractivity contribution in [2.45, 2.75) is 11.8 Å². The van der Waals surface area contributed by atoms with E-state index in [2.05, 4.69) is 15.5 Å². The molecule has 0 aliphatic carbocycles. The molecule has 0 N–H and O–H groups in total. The maximum absolute atomic E-state index is 11.8. The number of hydrogen-bond acceptors (Lipinski definition) is 7. The Bertz CT molecular complexity index is 717. The first-order valence-electron chi connectivity index (χ1n) is 6.35. The van der Waals surface area contributed by atoms with Crippen molar-refractivity contribution in [3.63, 3.8) is 0 Å². The molecule has 0 unspecified atom stereocenters. The average molecular weight is 340 g/mol. The van der Waals surface area contributed by atoms with Gasteiger partial charge in [0.1, 0.15) is 0 Å². The lowest BCUT2D eigenvalue weighted by atomic mass is 10.2. The van der Waals surface area contributed by atoms with E-state index in [0.29, 0.717) is 0 Å². The first-order valence-corrected chi connectivity index (χ1v) is 7.76. The van der Waals surface area contributed by atoms with E-state index in [9.17, 15) is 18.0 Å². The molecule has 124 valence electrons. The molecule has 8 heteroatoms. The Morgan fingerprint density at radius 3 is 2.35 bits per heavy atom. The number of allylic oxidation sites excluding steroid dienone is 1. The second kappa shape index (κ2) is 8.25. The Morgan fingerprint density at radius 2 is 1.83 bits per heavy atom. The number of ether oxygens (including phenoxy) is 2. The molecule has 7 nitrogen and oxygen atoms in total. The molecule has 0 amide bonds. The number of carbonyl (C=O) groups is 2. The van der Waals surface area contributed by atoms with Crippen LogP contribution in [-0.2, 0) is 33.4 Å². The van der Waals surface area contributed by atoms with Crippen LogP contribution in [0.25, 0.3) is 0 Å². The quantitative estimate of drug-likeness (QED) is 0.233. The molecular weight excluding hydrogens is 324 g/mol. The molecule has 0 fully saturated rings. The van der Waals surface area contributed by atoms with Gasteiger partial charge in [-0.3, -0.25) is 4.79 Å². The lowest BCUT2D eigenvalue weighted by molar-refractivity contribution is -0.144. The molecule has 0 aromatic heterocycles. The van der Waals surface area contributed by atoms with Crippen LogP contribution in [0.5, 0.6) is 0 Å². The number of carbonyl (C=O) groups excluding carboxylic acids is 2. The number of Topliss-reactive ketones (excluding diaryl/α,β-unsaturated/α-hetero) is 1. The van der Waals surface area contributed by atoms with Crippen molar-refractivity contribution in [3.8, 4) is 0 Å². The molecule has 0 bridgehead atoms. The van der Waals surface area contributed by atoms with Crippen molar-refractivity contribution in [1.29, 1.82) is 0 Å². The standard InChI is InChI=1S/C15H16O7S/c1-11(2)15(17)13(20-3)9-14(16)21-10-22-23(18,19)12-7-5-4-6-8-12/h4-9H,1,10H2,2-3H3. The summed E-state index contributed by atoms with van der Waals surface area (Å²) < 4.78 is 37.4. The smallest absolute Gasteiger partial charge is 0.336 e. The van der Waals surface area contributed by atoms with Crippen molar-refractivity contribution in [2.24, 2.45) is 0 Å². The van der Waals surface area contributed by atoms with Gasteiger partial charge in [0.15, 0.2) is 5.76 Å². The van der Waals surface area contributed by atoms with E-state index in [4.69, 9.17) is 4.74 Å². The van der Waals surface area contributed by atoms with Gasteiger partial charge < -0.3 is 9.47 Å². The Hall–Kier alpha value is -2.45. The average Bonchev–Trinajstić information content (AvgIpc) is 2.52. The Balaban J connectivity index is 2.63. The Morgan fingerprint density at radius 1 is 1.22 bits per heavy atom. The van der Waals surface area contributed by atoms with E-state index in [-0.39, 0.29) is 16.2 Å². The van der Waals surface area contributed by atoms with Gasteiger partial charge in [-0.1, -0.05) is 24.8 Å². The summed E-state index contributed by atoms with van der Waals surface area (Å²) in [5, 5.41) is 0. The minimum Gasteiger partial charge on any atom is -0.492 e. The highest BCUT2D eigenvalue weighted by atomic mass is 32.2. The third kappa shape index (κ3) is 5.68.